The molecule has 0 aliphatic carbocycles. The fourth-order valence-corrected chi connectivity index (χ4v) is 3.27. The van der Waals surface area contributed by atoms with E-state index in [4.69, 9.17) is 4.42 Å². The van der Waals surface area contributed by atoms with Crippen LogP contribution in [0.3, 0.4) is 0 Å². The van der Waals surface area contributed by atoms with Gasteiger partial charge in [-0.05, 0) is 30.5 Å². The molecular formula is C25H28N6O3. The zero-order chi connectivity index (χ0) is 24.5. The van der Waals surface area contributed by atoms with E-state index in [9.17, 15) is 9.90 Å². The molecule has 4 aromatic rings. The number of aryl methyl sites for hydroxylation is 2. The molecule has 1 aromatic carbocycles. The van der Waals surface area contributed by atoms with E-state index in [1.807, 2.05) is 38.2 Å². The first-order valence-electron chi connectivity index (χ1n) is 10.8. The number of aliphatic hydroxyl groups excluding tert-OH is 1. The van der Waals surface area contributed by atoms with Crippen LogP contribution in [0, 0.1) is 6.92 Å². The SMILES string of the molecule is CCc1ccccc1-c1oc(-c2cc(NC(C)=O)ncc2C)nc1CO.CNc1cnccn1. The van der Waals surface area contributed by atoms with Crippen molar-refractivity contribution < 1.29 is 14.3 Å². The van der Waals surface area contributed by atoms with Gasteiger partial charge in [0.05, 0.1) is 12.8 Å². The van der Waals surface area contributed by atoms with Crippen molar-refractivity contribution in [2.75, 3.05) is 17.7 Å². The van der Waals surface area contributed by atoms with Gasteiger partial charge < -0.3 is 20.2 Å². The predicted molar refractivity (Wildman–Crippen MR) is 131 cm³/mol. The first-order valence-corrected chi connectivity index (χ1v) is 10.8. The summed E-state index contributed by atoms with van der Waals surface area (Å²) in [5, 5.41) is 15.3. The highest BCUT2D eigenvalue weighted by molar-refractivity contribution is 5.88. The van der Waals surface area contributed by atoms with Gasteiger partial charge in [-0.25, -0.2) is 15.0 Å². The number of rotatable bonds is 6. The van der Waals surface area contributed by atoms with E-state index in [1.54, 1.807) is 30.9 Å². The molecule has 176 valence electrons. The van der Waals surface area contributed by atoms with Gasteiger partial charge in [-0.2, -0.15) is 0 Å². The van der Waals surface area contributed by atoms with Crippen LogP contribution in [0.25, 0.3) is 22.8 Å². The number of benzene rings is 1. The zero-order valence-corrected chi connectivity index (χ0v) is 19.7. The second-order valence-electron chi connectivity index (χ2n) is 7.37. The highest BCUT2D eigenvalue weighted by Gasteiger charge is 2.19. The number of pyridine rings is 1. The van der Waals surface area contributed by atoms with Crippen molar-refractivity contribution >= 4 is 17.5 Å². The lowest BCUT2D eigenvalue weighted by molar-refractivity contribution is -0.114. The summed E-state index contributed by atoms with van der Waals surface area (Å²) in [4.78, 5) is 27.7. The molecule has 0 spiro atoms. The van der Waals surface area contributed by atoms with Gasteiger partial charge in [-0.15, -0.1) is 0 Å². The molecule has 9 nitrogen and oxygen atoms in total. The molecule has 0 bridgehead atoms. The quantitative estimate of drug-likeness (QED) is 0.390. The topological polar surface area (TPSA) is 126 Å². The number of hydrogen-bond acceptors (Lipinski definition) is 8. The van der Waals surface area contributed by atoms with E-state index in [1.165, 1.54) is 6.92 Å². The Labute approximate surface area is 198 Å². The third kappa shape index (κ3) is 6.02. The van der Waals surface area contributed by atoms with Crippen LogP contribution in [0.5, 0.6) is 0 Å². The third-order valence-electron chi connectivity index (χ3n) is 4.95. The molecule has 0 atom stereocenters. The Balaban J connectivity index is 0.000000343. The summed E-state index contributed by atoms with van der Waals surface area (Å²) in [5.74, 6) is 1.98. The molecule has 3 N–H and O–H groups in total. The average molecular weight is 461 g/mol. The van der Waals surface area contributed by atoms with Crippen molar-refractivity contribution in [2.45, 2.75) is 33.8 Å². The minimum absolute atomic E-state index is 0.201. The Morgan fingerprint density at radius 3 is 2.50 bits per heavy atom. The minimum Gasteiger partial charge on any atom is -0.436 e. The highest BCUT2D eigenvalue weighted by atomic mass is 16.4. The largest absolute Gasteiger partial charge is 0.436 e. The summed E-state index contributed by atoms with van der Waals surface area (Å²) in [5.41, 5.74) is 4.11. The molecule has 0 fully saturated rings. The summed E-state index contributed by atoms with van der Waals surface area (Å²) >= 11 is 0. The Morgan fingerprint density at radius 2 is 1.88 bits per heavy atom. The highest BCUT2D eigenvalue weighted by Crippen LogP contribution is 2.34. The van der Waals surface area contributed by atoms with E-state index < -0.39 is 0 Å². The molecule has 0 aliphatic heterocycles. The van der Waals surface area contributed by atoms with Gasteiger partial charge in [0.25, 0.3) is 0 Å². The van der Waals surface area contributed by atoms with E-state index in [0.717, 1.165) is 34.5 Å². The van der Waals surface area contributed by atoms with Crippen molar-refractivity contribution in [3.8, 4) is 22.8 Å². The fraction of sp³-hybridized carbons (Fsp3) is 0.240. The van der Waals surface area contributed by atoms with Crippen molar-refractivity contribution in [1.82, 2.24) is 19.9 Å². The summed E-state index contributed by atoms with van der Waals surface area (Å²) in [7, 11) is 1.81. The molecule has 0 radical (unpaired) electrons. The van der Waals surface area contributed by atoms with Crippen LogP contribution >= 0.6 is 0 Å². The average Bonchev–Trinajstić information content (AvgIpc) is 3.30. The number of aliphatic hydroxyl groups is 1. The molecule has 9 heteroatoms. The lowest BCUT2D eigenvalue weighted by atomic mass is 10.0. The van der Waals surface area contributed by atoms with E-state index in [2.05, 4.69) is 37.5 Å². The number of aromatic nitrogens is 4. The lowest BCUT2D eigenvalue weighted by Gasteiger charge is -2.06. The summed E-state index contributed by atoms with van der Waals surface area (Å²) in [6, 6.07) is 9.63. The monoisotopic (exact) mass is 460 g/mol. The van der Waals surface area contributed by atoms with Gasteiger partial charge in [-0.1, -0.05) is 31.2 Å². The van der Waals surface area contributed by atoms with E-state index >= 15 is 0 Å². The van der Waals surface area contributed by atoms with Crippen molar-refractivity contribution in [1.29, 1.82) is 0 Å². The van der Waals surface area contributed by atoms with Crippen LogP contribution in [-0.2, 0) is 17.8 Å². The van der Waals surface area contributed by atoms with Crippen LogP contribution in [0.4, 0.5) is 11.6 Å². The smallest absolute Gasteiger partial charge is 0.227 e. The first-order chi connectivity index (χ1) is 16.5. The van der Waals surface area contributed by atoms with Gasteiger partial charge in [-0.3, -0.25) is 9.78 Å². The Bertz CT molecular complexity index is 1240. The minimum atomic E-state index is -0.223. The molecule has 3 aromatic heterocycles. The fourth-order valence-electron chi connectivity index (χ4n) is 3.27. The summed E-state index contributed by atoms with van der Waals surface area (Å²) in [6.45, 7) is 5.17. The standard InChI is InChI=1S/C20H21N3O3.C5H7N3/c1-4-14-7-5-6-8-15(14)19-17(11-24)23-20(26-19)16-9-18(22-13(3)25)21-10-12(16)2;1-6-5-4-7-2-3-8-5/h5-10,24H,4,11H2,1-3H3,(H,21,22,25);2-4H,1H3,(H,6,8). The molecule has 4 rings (SSSR count). The molecule has 0 saturated carbocycles. The van der Waals surface area contributed by atoms with Crippen molar-refractivity contribution in [3.63, 3.8) is 0 Å². The van der Waals surface area contributed by atoms with Crippen LogP contribution in [0.2, 0.25) is 0 Å². The van der Waals surface area contributed by atoms with E-state index in [-0.39, 0.29) is 12.5 Å². The number of carbonyl (C=O) groups is 1. The first kappa shape index (κ1) is 24.5. The Kier molecular flexibility index (Phi) is 8.42. The number of hydrogen-bond donors (Lipinski definition) is 3. The van der Waals surface area contributed by atoms with E-state index in [0.29, 0.717) is 23.2 Å². The Morgan fingerprint density at radius 1 is 1.09 bits per heavy atom. The second-order valence-corrected chi connectivity index (χ2v) is 7.37. The zero-order valence-electron chi connectivity index (χ0n) is 19.7. The van der Waals surface area contributed by atoms with Gasteiger partial charge in [0.2, 0.25) is 11.8 Å². The van der Waals surface area contributed by atoms with Crippen LogP contribution in [0.15, 0.2) is 59.5 Å². The van der Waals surface area contributed by atoms with Crippen molar-refractivity contribution in [2.24, 2.45) is 0 Å². The normalized spacial score (nSPS) is 10.3. The predicted octanol–water partition coefficient (Wildman–Crippen LogP) is 4.24. The maximum absolute atomic E-state index is 11.3. The van der Waals surface area contributed by atoms with Crippen LogP contribution in [-0.4, -0.2) is 38.0 Å². The number of nitrogens with one attached hydrogen (secondary N) is 2. The second kappa shape index (κ2) is 11.7. The molecule has 0 unspecified atom stereocenters. The molecule has 0 saturated heterocycles. The summed E-state index contributed by atoms with van der Waals surface area (Å²) in [6.07, 6.45) is 7.45. The van der Waals surface area contributed by atoms with Gasteiger partial charge in [0, 0.05) is 43.7 Å². The van der Waals surface area contributed by atoms with Crippen LogP contribution in [0.1, 0.15) is 30.7 Å². The molecule has 0 aliphatic rings. The Hall–Kier alpha value is -4.11. The van der Waals surface area contributed by atoms with Crippen molar-refractivity contribution in [3.05, 3.63) is 71.9 Å². The molecular weight excluding hydrogens is 432 g/mol. The molecule has 34 heavy (non-hydrogen) atoms. The third-order valence-corrected chi connectivity index (χ3v) is 4.95. The number of oxazole rings is 1. The van der Waals surface area contributed by atoms with Gasteiger partial charge in [0.15, 0.2) is 5.76 Å². The van der Waals surface area contributed by atoms with Crippen LogP contribution < -0.4 is 10.6 Å². The van der Waals surface area contributed by atoms with Gasteiger partial charge >= 0.3 is 0 Å². The number of anilines is 2. The van der Waals surface area contributed by atoms with Gasteiger partial charge in [0.1, 0.15) is 17.3 Å². The molecule has 1 amide bonds. The summed E-state index contributed by atoms with van der Waals surface area (Å²) < 4.78 is 6.05. The molecule has 3 heterocycles. The maximum Gasteiger partial charge on any atom is 0.227 e. The number of nitrogens with zero attached hydrogens (tertiary/aromatic N) is 4. The number of carbonyl (C=O) groups excluding carboxylic acids is 1. The number of amides is 1. The lowest BCUT2D eigenvalue weighted by Crippen LogP contribution is -2.07. The maximum atomic E-state index is 11.3.